The molecule has 0 aliphatic rings. The molecule has 0 aliphatic heterocycles. The van der Waals surface area contributed by atoms with Crippen LogP contribution in [0.4, 0.5) is 5.69 Å². The van der Waals surface area contributed by atoms with Gasteiger partial charge in [0.1, 0.15) is 12.4 Å². The van der Waals surface area contributed by atoms with Crippen molar-refractivity contribution in [3.8, 4) is 11.5 Å². The van der Waals surface area contributed by atoms with Crippen molar-refractivity contribution in [2.45, 2.75) is 53.1 Å². The predicted molar refractivity (Wildman–Crippen MR) is 125 cm³/mol. The molecule has 0 bridgehead atoms. The molecule has 0 radical (unpaired) electrons. The molecule has 33 heavy (non-hydrogen) atoms. The van der Waals surface area contributed by atoms with E-state index in [-0.39, 0.29) is 36.9 Å². The summed E-state index contributed by atoms with van der Waals surface area (Å²) in [6.07, 6.45) is 3.62. The minimum atomic E-state index is -0.485. The summed E-state index contributed by atoms with van der Waals surface area (Å²) in [5, 5.41) is 12.4. The molecule has 1 rings (SSSR count). The van der Waals surface area contributed by atoms with Gasteiger partial charge < -0.3 is 29.5 Å². The van der Waals surface area contributed by atoms with Gasteiger partial charge >= 0.3 is 11.9 Å². The number of aliphatic hydroxyl groups is 1. The number of hydrogen-bond acceptors (Lipinski definition) is 8. The molecular weight excluding hydrogens is 428 g/mol. The molecule has 0 atom stereocenters. The lowest BCUT2D eigenvalue weighted by molar-refractivity contribution is -0.143. The highest BCUT2D eigenvalue weighted by atomic mass is 16.5. The lowest BCUT2D eigenvalue weighted by Crippen LogP contribution is -2.20. The Morgan fingerprint density at radius 1 is 1.12 bits per heavy atom. The third kappa shape index (κ3) is 8.51. The van der Waals surface area contributed by atoms with Gasteiger partial charge in [0, 0.05) is 30.5 Å². The number of hydrogen-bond donors (Lipinski definition) is 2. The molecule has 1 amide bonds. The Bertz CT molecular complexity index is 863. The molecule has 0 saturated heterocycles. The topological polar surface area (TPSA) is 114 Å². The number of carbonyl (C=O) groups is 3. The highest BCUT2D eigenvalue weighted by Gasteiger charge is 2.24. The van der Waals surface area contributed by atoms with Crippen molar-refractivity contribution in [3.63, 3.8) is 0 Å². The van der Waals surface area contributed by atoms with Crippen molar-refractivity contribution in [2.75, 3.05) is 39.7 Å². The molecule has 0 spiro atoms. The Kier molecular flexibility index (Phi) is 12.2. The van der Waals surface area contributed by atoms with Crippen LogP contribution in [0.5, 0.6) is 11.5 Å². The highest BCUT2D eigenvalue weighted by molar-refractivity contribution is 5.85. The fourth-order valence-corrected chi connectivity index (χ4v) is 3.20. The first-order valence-electron chi connectivity index (χ1n) is 10.9. The van der Waals surface area contributed by atoms with Gasteiger partial charge in [-0.25, -0.2) is 0 Å². The Labute approximate surface area is 195 Å². The Hall–Kier alpha value is -2.91. The molecule has 0 fully saturated rings. The molecule has 0 saturated carbocycles. The van der Waals surface area contributed by atoms with Gasteiger partial charge in [-0.3, -0.25) is 14.4 Å². The first kappa shape index (κ1) is 28.1. The molecule has 0 aromatic heterocycles. The third-order valence-corrected chi connectivity index (χ3v) is 5.12. The molecule has 9 heteroatoms. The number of nitrogens with zero attached hydrogens (tertiary/aromatic N) is 1. The maximum Gasteiger partial charge on any atom is 0.310 e. The minimum absolute atomic E-state index is 0.134. The predicted octanol–water partition coefficient (Wildman–Crippen LogP) is 2.75. The molecule has 0 unspecified atom stereocenters. The van der Waals surface area contributed by atoms with Crippen molar-refractivity contribution in [1.29, 1.82) is 0 Å². The summed E-state index contributed by atoms with van der Waals surface area (Å²) in [6, 6.07) is 0. The molecule has 1 aromatic rings. The number of benzene rings is 1. The van der Waals surface area contributed by atoms with Gasteiger partial charge in [-0.15, -0.1) is 0 Å². The molecule has 2 N–H and O–H groups in total. The highest BCUT2D eigenvalue weighted by Crippen LogP contribution is 2.43. The van der Waals surface area contributed by atoms with Crippen LogP contribution in [-0.4, -0.2) is 62.7 Å². The summed E-state index contributed by atoms with van der Waals surface area (Å²) in [4.78, 5) is 37.2. The maximum atomic E-state index is 12.1. The summed E-state index contributed by atoms with van der Waals surface area (Å²) >= 11 is 0. The van der Waals surface area contributed by atoms with E-state index < -0.39 is 5.97 Å². The number of nitrogens with one attached hydrogen (secondary N) is 1. The lowest BCUT2D eigenvalue weighted by atomic mass is 9.96. The summed E-state index contributed by atoms with van der Waals surface area (Å²) < 4.78 is 16.3. The largest absolute Gasteiger partial charge is 0.496 e. The van der Waals surface area contributed by atoms with Crippen LogP contribution in [0.15, 0.2) is 11.6 Å². The third-order valence-electron chi connectivity index (χ3n) is 5.12. The van der Waals surface area contributed by atoms with Crippen LogP contribution in [0.3, 0.4) is 0 Å². The number of ether oxygens (including phenoxy) is 3. The van der Waals surface area contributed by atoms with E-state index in [4.69, 9.17) is 14.2 Å². The van der Waals surface area contributed by atoms with Crippen molar-refractivity contribution in [2.24, 2.45) is 0 Å². The summed E-state index contributed by atoms with van der Waals surface area (Å²) in [7, 11) is 5.31. The SMILES string of the molecule is CCC(=O)Oc1c(C/C=C(\C)CCC(=O)OCCN(C)C)c(OC)c(C)c(CO)c1NC=O. The minimum Gasteiger partial charge on any atom is -0.496 e. The number of amides is 1. The van der Waals surface area contributed by atoms with E-state index in [9.17, 15) is 19.5 Å². The molecular formula is C24H36N2O7. The number of methoxy groups -OCH3 is 1. The quantitative estimate of drug-likeness (QED) is 0.187. The van der Waals surface area contributed by atoms with Gasteiger partial charge in [-0.05, 0) is 46.3 Å². The average Bonchev–Trinajstić information content (AvgIpc) is 2.78. The van der Waals surface area contributed by atoms with Crippen LogP contribution in [0.2, 0.25) is 0 Å². The van der Waals surface area contributed by atoms with Crippen LogP contribution in [0.1, 0.15) is 49.8 Å². The van der Waals surface area contributed by atoms with Gasteiger partial charge in [-0.2, -0.15) is 0 Å². The summed E-state index contributed by atoms with van der Waals surface area (Å²) in [5.41, 5.74) is 2.78. The first-order chi connectivity index (χ1) is 15.7. The molecule has 184 valence electrons. The van der Waals surface area contributed by atoms with Crippen LogP contribution >= 0.6 is 0 Å². The number of anilines is 1. The average molecular weight is 465 g/mol. The lowest BCUT2D eigenvalue weighted by Gasteiger charge is -2.22. The van der Waals surface area contributed by atoms with Gasteiger partial charge in [0.05, 0.1) is 19.4 Å². The van der Waals surface area contributed by atoms with E-state index in [1.165, 1.54) is 7.11 Å². The zero-order valence-corrected chi connectivity index (χ0v) is 20.4. The second-order valence-corrected chi connectivity index (χ2v) is 7.85. The molecule has 0 heterocycles. The maximum absolute atomic E-state index is 12.1. The number of likely N-dealkylation sites (N-methyl/N-ethyl adjacent to an activating group) is 1. The van der Waals surface area contributed by atoms with E-state index in [2.05, 4.69) is 5.32 Å². The Morgan fingerprint density at radius 3 is 2.36 bits per heavy atom. The zero-order chi connectivity index (χ0) is 25.0. The van der Waals surface area contributed by atoms with Crippen LogP contribution in [-0.2, 0) is 32.1 Å². The fourth-order valence-electron chi connectivity index (χ4n) is 3.20. The van der Waals surface area contributed by atoms with Crippen molar-refractivity contribution in [1.82, 2.24) is 4.90 Å². The van der Waals surface area contributed by atoms with Crippen LogP contribution in [0, 0.1) is 6.92 Å². The van der Waals surface area contributed by atoms with Crippen LogP contribution in [0.25, 0.3) is 0 Å². The van der Waals surface area contributed by atoms with Crippen molar-refractivity contribution in [3.05, 3.63) is 28.3 Å². The number of rotatable bonds is 14. The monoisotopic (exact) mass is 464 g/mol. The van der Waals surface area contributed by atoms with E-state index in [1.54, 1.807) is 13.8 Å². The van der Waals surface area contributed by atoms with E-state index in [1.807, 2.05) is 32.0 Å². The van der Waals surface area contributed by atoms with Crippen molar-refractivity contribution < 1.29 is 33.7 Å². The Balaban J connectivity index is 3.19. The van der Waals surface area contributed by atoms with E-state index in [0.29, 0.717) is 54.8 Å². The number of carbonyl (C=O) groups excluding carboxylic acids is 3. The molecule has 9 nitrogen and oxygen atoms in total. The summed E-state index contributed by atoms with van der Waals surface area (Å²) in [6.45, 7) is 5.96. The van der Waals surface area contributed by atoms with Gasteiger partial charge in [-0.1, -0.05) is 18.6 Å². The smallest absolute Gasteiger partial charge is 0.310 e. The van der Waals surface area contributed by atoms with E-state index in [0.717, 1.165) is 5.57 Å². The first-order valence-corrected chi connectivity index (χ1v) is 10.9. The number of allylic oxidation sites excluding steroid dienone is 2. The second-order valence-electron chi connectivity index (χ2n) is 7.85. The molecule has 0 aliphatic carbocycles. The van der Waals surface area contributed by atoms with Crippen LogP contribution < -0.4 is 14.8 Å². The summed E-state index contributed by atoms with van der Waals surface area (Å²) in [5.74, 6) is -0.143. The standard InChI is InChI=1S/C24H36N2O7/c1-7-20(29)33-24-18(23(31-6)17(3)19(14-27)22(24)25-15-28)10-8-16(2)9-11-21(30)32-13-12-26(4)5/h8,15,27H,7,9-14H2,1-6H3,(H,25,28)/b16-8+. The van der Waals surface area contributed by atoms with Gasteiger partial charge in [0.25, 0.3) is 0 Å². The fraction of sp³-hybridized carbons (Fsp3) is 0.542. The van der Waals surface area contributed by atoms with Crippen molar-refractivity contribution >= 4 is 24.0 Å². The van der Waals surface area contributed by atoms with Gasteiger partial charge in [0.15, 0.2) is 5.75 Å². The number of aliphatic hydroxyl groups excluding tert-OH is 1. The Morgan fingerprint density at radius 2 is 1.82 bits per heavy atom. The zero-order valence-electron chi connectivity index (χ0n) is 20.4. The van der Waals surface area contributed by atoms with E-state index >= 15 is 0 Å². The normalized spacial score (nSPS) is 11.3. The molecule has 1 aromatic carbocycles. The van der Waals surface area contributed by atoms with Gasteiger partial charge in [0.2, 0.25) is 6.41 Å². The number of esters is 2. The second kappa shape index (κ2) is 14.3.